The van der Waals surface area contributed by atoms with Crippen LogP contribution in [0.5, 0.6) is 5.75 Å². The quantitative estimate of drug-likeness (QED) is 0.567. The van der Waals surface area contributed by atoms with Gasteiger partial charge in [-0.05, 0) is 56.2 Å². The maximum Gasteiger partial charge on any atom is 0.338 e. The van der Waals surface area contributed by atoms with Crippen molar-refractivity contribution in [1.82, 2.24) is 15.6 Å². The van der Waals surface area contributed by atoms with Gasteiger partial charge in [0.2, 0.25) is 0 Å². The minimum absolute atomic E-state index is 0.0991. The number of rotatable bonds is 10. The van der Waals surface area contributed by atoms with E-state index in [0.717, 1.165) is 11.1 Å². The lowest BCUT2D eigenvalue weighted by Gasteiger charge is -2.11. The Kier molecular flexibility index (Phi) is 8.75. The van der Waals surface area contributed by atoms with Crippen molar-refractivity contribution in [1.29, 1.82) is 0 Å². The van der Waals surface area contributed by atoms with E-state index in [2.05, 4.69) is 22.2 Å². The molecular formula is C23H27N3O5. The zero-order chi connectivity index (χ0) is 22.8. The molecule has 0 atom stereocenters. The van der Waals surface area contributed by atoms with Crippen LogP contribution in [0.1, 0.15) is 45.3 Å². The maximum absolute atomic E-state index is 12.2. The molecule has 0 radical (unpaired) electrons. The second-order valence-electron chi connectivity index (χ2n) is 6.84. The Bertz CT molecular complexity index is 971. The van der Waals surface area contributed by atoms with Gasteiger partial charge in [0.15, 0.2) is 6.61 Å². The number of benzene rings is 1. The molecule has 0 unspecified atom stereocenters. The third kappa shape index (κ3) is 7.58. The van der Waals surface area contributed by atoms with Gasteiger partial charge in [0.1, 0.15) is 11.4 Å². The van der Waals surface area contributed by atoms with Crippen LogP contribution in [0, 0.1) is 13.8 Å². The monoisotopic (exact) mass is 425 g/mol. The minimum atomic E-state index is -0.516. The second-order valence-corrected chi connectivity index (χ2v) is 6.84. The summed E-state index contributed by atoms with van der Waals surface area (Å²) in [5, 5.41) is 5.31. The average Bonchev–Trinajstić information content (AvgIpc) is 2.74. The van der Waals surface area contributed by atoms with Crippen LogP contribution >= 0.6 is 0 Å². The number of aromatic nitrogens is 1. The largest absolute Gasteiger partial charge is 0.484 e. The van der Waals surface area contributed by atoms with Gasteiger partial charge in [0, 0.05) is 24.9 Å². The molecule has 0 saturated carbocycles. The molecule has 8 heteroatoms. The van der Waals surface area contributed by atoms with E-state index >= 15 is 0 Å². The molecule has 0 aliphatic rings. The van der Waals surface area contributed by atoms with Crippen LogP contribution in [0.4, 0.5) is 0 Å². The van der Waals surface area contributed by atoms with E-state index in [4.69, 9.17) is 9.47 Å². The summed E-state index contributed by atoms with van der Waals surface area (Å²) in [6.07, 6.45) is 1.70. The Morgan fingerprint density at radius 3 is 2.58 bits per heavy atom. The Hall–Kier alpha value is -3.68. The summed E-state index contributed by atoms with van der Waals surface area (Å²) in [6.45, 7) is 9.80. The molecule has 0 spiro atoms. The van der Waals surface area contributed by atoms with Crippen LogP contribution in [0.25, 0.3) is 0 Å². The zero-order valence-electron chi connectivity index (χ0n) is 18.0. The van der Waals surface area contributed by atoms with Gasteiger partial charge in [-0.1, -0.05) is 12.6 Å². The highest BCUT2D eigenvalue weighted by atomic mass is 16.5. The number of hydrogen-bond donors (Lipinski definition) is 2. The fourth-order valence-electron chi connectivity index (χ4n) is 2.56. The van der Waals surface area contributed by atoms with E-state index < -0.39 is 11.9 Å². The van der Waals surface area contributed by atoms with Crippen molar-refractivity contribution in [3.8, 4) is 5.75 Å². The van der Waals surface area contributed by atoms with Crippen LogP contribution in [0.3, 0.4) is 0 Å². The molecule has 1 aromatic carbocycles. The molecular weight excluding hydrogens is 398 g/mol. The number of carbonyl (C=O) groups excluding carboxylic acids is 3. The molecule has 2 rings (SSSR count). The van der Waals surface area contributed by atoms with Crippen molar-refractivity contribution in [2.75, 3.05) is 19.8 Å². The third-order valence-corrected chi connectivity index (χ3v) is 4.38. The lowest BCUT2D eigenvalue weighted by Crippen LogP contribution is -2.31. The van der Waals surface area contributed by atoms with Crippen molar-refractivity contribution in [2.45, 2.75) is 27.2 Å². The smallest absolute Gasteiger partial charge is 0.338 e. The number of aryl methyl sites for hydroxylation is 2. The molecule has 2 aromatic rings. The first kappa shape index (κ1) is 23.6. The number of nitrogens with one attached hydrogen (secondary N) is 2. The van der Waals surface area contributed by atoms with Crippen molar-refractivity contribution in [3.05, 3.63) is 71.2 Å². The first-order valence-electron chi connectivity index (χ1n) is 9.89. The summed E-state index contributed by atoms with van der Waals surface area (Å²) in [7, 11) is 0. The molecule has 8 nitrogen and oxygen atoms in total. The van der Waals surface area contributed by atoms with Crippen LogP contribution in [0.15, 0.2) is 48.8 Å². The SMILES string of the molecule is C=C(CCNC(=O)c1cc(C(=O)OCC)ccn1)NC(=O)COc1ccc(C)c(C)c1. The van der Waals surface area contributed by atoms with E-state index in [-0.39, 0.29) is 36.9 Å². The molecule has 0 aliphatic carbocycles. The molecule has 2 amide bonds. The summed E-state index contributed by atoms with van der Waals surface area (Å²) in [4.78, 5) is 40.0. The predicted octanol–water partition coefficient (Wildman–Crippen LogP) is 2.70. The molecule has 0 bridgehead atoms. The van der Waals surface area contributed by atoms with Gasteiger partial charge in [0.05, 0.1) is 12.2 Å². The third-order valence-electron chi connectivity index (χ3n) is 4.38. The van der Waals surface area contributed by atoms with Gasteiger partial charge >= 0.3 is 5.97 Å². The van der Waals surface area contributed by atoms with Gasteiger partial charge < -0.3 is 20.1 Å². The topological polar surface area (TPSA) is 107 Å². The van der Waals surface area contributed by atoms with E-state index in [1.807, 2.05) is 32.0 Å². The van der Waals surface area contributed by atoms with Gasteiger partial charge in [-0.15, -0.1) is 0 Å². The van der Waals surface area contributed by atoms with E-state index in [9.17, 15) is 14.4 Å². The number of carbonyl (C=O) groups is 3. The molecule has 0 saturated heterocycles. The van der Waals surface area contributed by atoms with Crippen LogP contribution < -0.4 is 15.4 Å². The normalized spacial score (nSPS) is 10.2. The number of ether oxygens (including phenoxy) is 2. The number of esters is 1. The summed E-state index contributed by atoms with van der Waals surface area (Å²) in [5.74, 6) is -0.673. The van der Waals surface area contributed by atoms with Crippen molar-refractivity contribution < 1.29 is 23.9 Å². The lowest BCUT2D eigenvalue weighted by molar-refractivity contribution is -0.122. The molecule has 31 heavy (non-hydrogen) atoms. The number of amides is 2. The second kappa shape index (κ2) is 11.5. The van der Waals surface area contributed by atoms with Gasteiger partial charge in [-0.25, -0.2) is 4.79 Å². The number of hydrogen-bond acceptors (Lipinski definition) is 6. The highest BCUT2D eigenvalue weighted by Gasteiger charge is 2.12. The van der Waals surface area contributed by atoms with Crippen LogP contribution in [-0.4, -0.2) is 42.5 Å². The Morgan fingerprint density at radius 2 is 1.87 bits per heavy atom. The van der Waals surface area contributed by atoms with Gasteiger partial charge in [0.25, 0.3) is 11.8 Å². The first-order chi connectivity index (χ1) is 14.8. The minimum Gasteiger partial charge on any atom is -0.484 e. The summed E-state index contributed by atoms with van der Waals surface area (Å²) >= 11 is 0. The number of nitrogens with zero attached hydrogens (tertiary/aromatic N) is 1. The molecule has 164 valence electrons. The van der Waals surface area contributed by atoms with Crippen LogP contribution in [0.2, 0.25) is 0 Å². The fraction of sp³-hybridized carbons (Fsp3) is 0.304. The van der Waals surface area contributed by atoms with Crippen molar-refractivity contribution in [2.24, 2.45) is 0 Å². The van der Waals surface area contributed by atoms with E-state index in [1.54, 1.807) is 6.92 Å². The summed E-state index contributed by atoms with van der Waals surface area (Å²) < 4.78 is 10.4. The van der Waals surface area contributed by atoms with Crippen molar-refractivity contribution >= 4 is 17.8 Å². The standard InChI is InChI=1S/C23H27N3O5/c1-5-30-23(29)18-9-11-24-20(13-18)22(28)25-10-8-17(4)26-21(27)14-31-19-7-6-15(2)16(3)12-19/h6-7,9,11-13H,4-5,8,10,14H2,1-3H3,(H,25,28)(H,26,27). The Balaban J connectivity index is 1.74. The Labute approximate surface area is 181 Å². The van der Waals surface area contributed by atoms with E-state index in [1.165, 1.54) is 18.3 Å². The Morgan fingerprint density at radius 1 is 1.10 bits per heavy atom. The molecule has 2 N–H and O–H groups in total. The molecule has 1 aromatic heterocycles. The first-order valence-corrected chi connectivity index (χ1v) is 9.89. The lowest BCUT2D eigenvalue weighted by atomic mass is 10.1. The highest BCUT2D eigenvalue weighted by Crippen LogP contribution is 2.16. The van der Waals surface area contributed by atoms with Crippen molar-refractivity contribution in [3.63, 3.8) is 0 Å². The van der Waals surface area contributed by atoms with Crippen LogP contribution in [-0.2, 0) is 9.53 Å². The summed E-state index contributed by atoms with van der Waals surface area (Å²) in [6, 6.07) is 8.46. The highest BCUT2D eigenvalue weighted by molar-refractivity contribution is 5.96. The fourth-order valence-corrected chi connectivity index (χ4v) is 2.56. The summed E-state index contributed by atoms with van der Waals surface area (Å²) in [5.41, 5.74) is 3.03. The maximum atomic E-state index is 12.2. The zero-order valence-corrected chi connectivity index (χ0v) is 18.0. The predicted molar refractivity (Wildman–Crippen MR) is 116 cm³/mol. The van der Waals surface area contributed by atoms with E-state index in [0.29, 0.717) is 17.9 Å². The molecule has 0 aliphatic heterocycles. The molecule has 0 fully saturated rings. The number of pyridine rings is 1. The van der Waals surface area contributed by atoms with Gasteiger partial charge in [-0.3, -0.25) is 14.6 Å². The molecule has 1 heterocycles. The average molecular weight is 425 g/mol. The van der Waals surface area contributed by atoms with Gasteiger partial charge in [-0.2, -0.15) is 0 Å².